The minimum absolute atomic E-state index is 0.533. The van der Waals surface area contributed by atoms with Gasteiger partial charge in [-0.05, 0) is 27.2 Å². The van der Waals surface area contributed by atoms with Crippen LogP contribution in [0.15, 0.2) is 6.20 Å². The summed E-state index contributed by atoms with van der Waals surface area (Å²) in [4.78, 5) is 7.14. The molecule has 0 amide bonds. The van der Waals surface area contributed by atoms with Crippen molar-refractivity contribution in [2.45, 2.75) is 59.2 Å². The molecule has 1 N–H and O–H groups in total. The zero-order valence-electron chi connectivity index (χ0n) is 12.1. The molecule has 0 bridgehead atoms. The molecule has 1 aliphatic rings. The number of hydrogen-bond acceptors (Lipinski definition) is 3. The molecule has 1 saturated heterocycles. The van der Waals surface area contributed by atoms with Crippen LogP contribution < -0.4 is 10.2 Å². The first-order valence-corrected chi connectivity index (χ1v) is 7.15. The summed E-state index contributed by atoms with van der Waals surface area (Å²) in [5.41, 5.74) is 1.12. The summed E-state index contributed by atoms with van der Waals surface area (Å²) in [6, 6.07) is 1.07. The van der Waals surface area contributed by atoms with Gasteiger partial charge in [0.15, 0.2) is 0 Å². The number of piperazine rings is 1. The second-order valence-electron chi connectivity index (χ2n) is 5.60. The summed E-state index contributed by atoms with van der Waals surface area (Å²) in [5, 5.41) is 3.57. The first-order valence-electron chi connectivity index (χ1n) is 7.15. The van der Waals surface area contributed by atoms with E-state index in [4.69, 9.17) is 4.98 Å². The third kappa shape index (κ3) is 3.05. The highest BCUT2D eigenvalue weighted by Gasteiger charge is 2.24. The number of rotatable bonds is 4. The summed E-state index contributed by atoms with van der Waals surface area (Å²) in [6.45, 7) is 12.0. The standard InChI is InChI=1S/C14H26N4/c1-5-6-7-17-8-13(4)16-14(17)18-9-11(2)15-12(3)10-18/h8,11-12,15H,5-7,9-10H2,1-4H3. The largest absolute Gasteiger partial charge is 0.339 e. The van der Waals surface area contributed by atoms with Crippen molar-refractivity contribution in [2.24, 2.45) is 0 Å². The number of aromatic nitrogens is 2. The molecule has 102 valence electrons. The lowest BCUT2D eigenvalue weighted by Crippen LogP contribution is -2.55. The first kappa shape index (κ1) is 13.4. The van der Waals surface area contributed by atoms with Crippen LogP contribution in [0.4, 0.5) is 5.95 Å². The zero-order valence-corrected chi connectivity index (χ0v) is 12.1. The maximum atomic E-state index is 4.72. The van der Waals surface area contributed by atoms with E-state index in [1.807, 2.05) is 0 Å². The minimum atomic E-state index is 0.533. The molecule has 1 aromatic rings. The SMILES string of the molecule is CCCCn1cc(C)nc1N1CC(C)NC(C)C1. The van der Waals surface area contributed by atoms with Gasteiger partial charge in [-0.15, -0.1) is 0 Å². The van der Waals surface area contributed by atoms with E-state index in [-0.39, 0.29) is 0 Å². The number of imidazole rings is 1. The molecule has 2 rings (SSSR count). The van der Waals surface area contributed by atoms with Gasteiger partial charge < -0.3 is 14.8 Å². The third-order valence-electron chi connectivity index (χ3n) is 3.47. The van der Waals surface area contributed by atoms with Crippen molar-refractivity contribution in [3.05, 3.63) is 11.9 Å². The van der Waals surface area contributed by atoms with E-state index in [2.05, 4.69) is 48.7 Å². The third-order valence-corrected chi connectivity index (χ3v) is 3.47. The molecule has 0 spiro atoms. The van der Waals surface area contributed by atoms with Crippen molar-refractivity contribution in [1.29, 1.82) is 0 Å². The second kappa shape index (κ2) is 5.74. The predicted molar refractivity (Wildman–Crippen MR) is 76.1 cm³/mol. The maximum absolute atomic E-state index is 4.72. The Kier molecular flexibility index (Phi) is 4.27. The fourth-order valence-electron chi connectivity index (χ4n) is 2.77. The van der Waals surface area contributed by atoms with Crippen molar-refractivity contribution >= 4 is 5.95 Å². The van der Waals surface area contributed by atoms with Crippen LogP contribution in [0, 0.1) is 6.92 Å². The van der Waals surface area contributed by atoms with Crippen molar-refractivity contribution in [3.63, 3.8) is 0 Å². The number of anilines is 1. The number of nitrogens with zero attached hydrogens (tertiary/aromatic N) is 3. The monoisotopic (exact) mass is 250 g/mol. The van der Waals surface area contributed by atoms with Crippen LogP contribution in [0.3, 0.4) is 0 Å². The molecule has 0 saturated carbocycles. The van der Waals surface area contributed by atoms with Gasteiger partial charge in [0.2, 0.25) is 5.95 Å². The van der Waals surface area contributed by atoms with Crippen molar-refractivity contribution in [1.82, 2.24) is 14.9 Å². The number of unbranched alkanes of at least 4 members (excludes halogenated alkanes) is 1. The van der Waals surface area contributed by atoms with Crippen LogP contribution >= 0.6 is 0 Å². The van der Waals surface area contributed by atoms with Gasteiger partial charge in [0.25, 0.3) is 0 Å². The normalized spacial score (nSPS) is 24.6. The van der Waals surface area contributed by atoms with Crippen LogP contribution in [-0.2, 0) is 6.54 Å². The van der Waals surface area contributed by atoms with Gasteiger partial charge in [0.05, 0.1) is 5.69 Å². The Balaban J connectivity index is 2.15. The topological polar surface area (TPSA) is 33.1 Å². The average Bonchev–Trinajstić information content (AvgIpc) is 2.66. The summed E-state index contributed by atoms with van der Waals surface area (Å²) in [7, 11) is 0. The van der Waals surface area contributed by atoms with E-state index in [0.29, 0.717) is 12.1 Å². The van der Waals surface area contributed by atoms with Gasteiger partial charge in [0, 0.05) is 37.9 Å². The van der Waals surface area contributed by atoms with Crippen LogP contribution in [0.1, 0.15) is 39.3 Å². The summed E-state index contributed by atoms with van der Waals surface area (Å²) < 4.78 is 2.32. The van der Waals surface area contributed by atoms with Crippen molar-refractivity contribution < 1.29 is 0 Å². The fourth-order valence-corrected chi connectivity index (χ4v) is 2.77. The van der Waals surface area contributed by atoms with Crippen molar-refractivity contribution in [3.8, 4) is 0 Å². The number of nitrogens with one attached hydrogen (secondary N) is 1. The second-order valence-corrected chi connectivity index (χ2v) is 5.60. The molecule has 4 heteroatoms. The summed E-state index contributed by atoms with van der Waals surface area (Å²) in [5.74, 6) is 1.15. The summed E-state index contributed by atoms with van der Waals surface area (Å²) in [6.07, 6.45) is 4.63. The van der Waals surface area contributed by atoms with Gasteiger partial charge in [-0.25, -0.2) is 4.98 Å². The van der Waals surface area contributed by atoms with Crippen LogP contribution in [0.2, 0.25) is 0 Å². The molecule has 2 heterocycles. The molecule has 1 aliphatic heterocycles. The Labute approximate surface area is 110 Å². The highest BCUT2D eigenvalue weighted by molar-refractivity contribution is 5.35. The Hall–Kier alpha value is -1.03. The van der Waals surface area contributed by atoms with E-state index < -0.39 is 0 Å². The molecule has 18 heavy (non-hydrogen) atoms. The molecule has 2 unspecified atom stereocenters. The summed E-state index contributed by atoms with van der Waals surface area (Å²) >= 11 is 0. The van der Waals surface area contributed by atoms with E-state index in [0.717, 1.165) is 31.3 Å². The smallest absolute Gasteiger partial charge is 0.205 e. The lowest BCUT2D eigenvalue weighted by molar-refractivity contribution is 0.399. The van der Waals surface area contributed by atoms with Gasteiger partial charge in [-0.3, -0.25) is 0 Å². The van der Waals surface area contributed by atoms with Gasteiger partial charge in [0.1, 0.15) is 0 Å². The van der Waals surface area contributed by atoms with E-state index in [9.17, 15) is 0 Å². The quantitative estimate of drug-likeness (QED) is 0.889. The number of aryl methyl sites for hydroxylation is 2. The molecular formula is C14H26N4. The molecule has 1 fully saturated rings. The lowest BCUT2D eigenvalue weighted by Gasteiger charge is -2.37. The minimum Gasteiger partial charge on any atom is -0.339 e. The van der Waals surface area contributed by atoms with E-state index >= 15 is 0 Å². The molecule has 2 atom stereocenters. The van der Waals surface area contributed by atoms with Crippen LogP contribution in [0.25, 0.3) is 0 Å². The molecule has 4 nitrogen and oxygen atoms in total. The Morgan fingerprint density at radius 3 is 2.61 bits per heavy atom. The average molecular weight is 250 g/mol. The highest BCUT2D eigenvalue weighted by Crippen LogP contribution is 2.18. The molecule has 0 aliphatic carbocycles. The molecule has 0 aromatic carbocycles. The molecule has 1 aromatic heterocycles. The Morgan fingerprint density at radius 2 is 2.00 bits per heavy atom. The van der Waals surface area contributed by atoms with Gasteiger partial charge in [-0.2, -0.15) is 0 Å². The first-order chi connectivity index (χ1) is 8.60. The van der Waals surface area contributed by atoms with Crippen LogP contribution in [-0.4, -0.2) is 34.7 Å². The zero-order chi connectivity index (χ0) is 13.1. The van der Waals surface area contributed by atoms with Gasteiger partial charge in [-0.1, -0.05) is 13.3 Å². The number of hydrogen-bond donors (Lipinski definition) is 1. The van der Waals surface area contributed by atoms with E-state index in [1.54, 1.807) is 0 Å². The fraction of sp³-hybridized carbons (Fsp3) is 0.786. The van der Waals surface area contributed by atoms with Gasteiger partial charge >= 0.3 is 0 Å². The molecular weight excluding hydrogens is 224 g/mol. The predicted octanol–water partition coefficient (Wildman–Crippen LogP) is 2.18. The van der Waals surface area contributed by atoms with Crippen molar-refractivity contribution in [2.75, 3.05) is 18.0 Å². The Bertz CT molecular complexity index is 375. The van der Waals surface area contributed by atoms with Crippen LogP contribution in [0.5, 0.6) is 0 Å². The highest BCUT2D eigenvalue weighted by atomic mass is 15.3. The molecule has 0 radical (unpaired) electrons. The maximum Gasteiger partial charge on any atom is 0.205 e. The van der Waals surface area contributed by atoms with E-state index in [1.165, 1.54) is 12.8 Å². The lowest BCUT2D eigenvalue weighted by atomic mass is 10.1. The Morgan fingerprint density at radius 1 is 1.33 bits per heavy atom.